The van der Waals surface area contributed by atoms with Crippen LogP contribution >= 0.6 is 23.2 Å². The smallest absolute Gasteiger partial charge is 0.222 e. The summed E-state index contributed by atoms with van der Waals surface area (Å²) in [4.78, 5) is 20.8. The molecule has 0 N–H and O–H groups in total. The Bertz CT molecular complexity index is 716. The third-order valence-electron chi connectivity index (χ3n) is 4.50. The Morgan fingerprint density at radius 1 is 1.04 bits per heavy atom. The molecule has 0 atom stereocenters. The molecule has 1 aliphatic rings. The van der Waals surface area contributed by atoms with E-state index < -0.39 is 0 Å². The number of halogens is 2. The highest BCUT2D eigenvalue weighted by Crippen LogP contribution is 2.22. The first-order valence-electron chi connectivity index (χ1n) is 8.45. The molecule has 1 aliphatic heterocycles. The van der Waals surface area contributed by atoms with Gasteiger partial charge in [0.05, 0.1) is 0 Å². The lowest BCUT2D eigenvalue weighted by Crippen LogP contribution is -2.48. The van der Waals surface area contributed by atoms with Crippen LogP contribution < -0.4 is 0 Å². The van der Waals surface area contributed by atoms with Crippen molar-refractivity contribution < 1.29 is 4.79 Å². The molecule has 0 unspecified atom stereocenters. The Morgan fingerprint density at radius 3 is 2.44 bits per heavy atom. The molecule has 1 aromatic carbocycles. The Balaban J connectivity index is 1.45. The summed E-state index contributed by atoms with van der Waals surface area (Å²) >= 11 is 12.1. The predicted octanol–water partition coefficient (Wildman–Crippen LogP) is 3.67. The van der Waals surface area contributed by atoms with Crippen molar-refractivity contribution in [3.8, 4) is 0 Å². The molecule has 0 spiro atoms. The fourth-order valence-corrected chi connectivity index (χ4v) is 3.53. The Labute approximate surface area is 158 Å². The molecule has 6 heteroatoms. The minimum atomic E-state index is 0.189. The van der Waals surface area contributed by atoms with Gasteiger partial charge in [0.25, 0.3) is 0 Å². The van der Waals surface area contributed by atoms with Gasteiger partial charge in [-0.15, -0.1) is 0 Å². The standard InChI is InChI=1S/C19H21Cl2N3O/c20-17-3-1-16(18(21)13-17)2-4-19(25)24-11-9-23(10-12-24)14-15-5-7-22-8-6-15/h1,3,5-8,13H,2,4,9-12,14H2. The third kappa shape index (κ3) is 5.18. The maximum absolute atomic E-state index is 12.4. The zero-order valence-corrected chi connectivity index (χ0v) is 15.5. The second-order valence-corrected chi connectivity index (χ2v) is 7.09. The Morgan fingerprint density at radius 2 is 1.76 bits per heavy atom. The van der Waals surface area contributed by atoms with E-state index in [1.807, 2.05) is 41.6 Å². The lowest BCUT2D eigenvalue weighted by atomic mass is 10.1. The van der Waals surface area contributed by atoms with E-state index in [0.29, 0.717) is 22.9 Å². The minimum absolute atomic E-state index is 0.189. The molecule has 25 heavy (non-hydrogen) atoms. The van der Waals surface area contributed by atoms with E-state index >= 15 is 0 Å². The number of piperazine rings is 1. The number of carbonyl (C=O) groups is 1. The zero-order valence-electron chi connectivity index (χ0n) is 14.0. The maximum Gasteiger partial charge on any atom is 0.222 e. The lowest BCUT2D eigenvalue weighted by Gasteiger charge is -2.34. The summed E-state index contributed by atoms with van der Waals surface area (Å²) in [6, 6.07) is 9.50. The van der Waals surface area contributed by atoms with Gasteiger partial charge >= 0.3 is 0 Å². The van der Waals surface area contributed by atoms with Crippen LogP contribution in [0.4, 0.5) is 0 Å². The normalized spacial score (nSPS) is 15.4. The van der Waals surface area contributed by atoms with Crippen molar-refractivity contribution in [3.05, 3.63) is 63.9 Å². The third-order valence-corrected chi connectivity index (χ3v) is 5.09. The van der Waals surface area contributed by atoms with Crippen molar-refractivity contribution in [1.82, 2.24) is 14.8 Å². The summed E-state index contributed by atoms with van der Waals surface area (Å²) in [6.07, 6.45) is 4.76. The number of nitrogens with zero attached hydrogens (tertiary/aromatic N) is 3. The molecule has 2 aromatic rings. The first-order valence-corrected chi connectivity index (χ1v) is 9.20. The van der Waals surface area contributed by atoms with Crippen LogP contribution in [0.25, 0.3) is 0 Å². The fourth-order valence-electron chi connectivity index (χ4n) is 3.03. The molecule has 1 saturated heterocycles. The van der Waals surface area contributed by atoms with E-state index in [2.05, 4.69) is 9.88 Å². The van der Waals surface area contributed by atoms with Gasteiger partial charge in [-0.3, -0.25) is 14.7 Å². The van der Waals surface area contributed by atoms with Gasteiger partial charge in [0, 0.05) is 61.6 Å². The molecule has 132 valence electrons. The van der Waals surface area contributed by atoms with Crippen molar-refractivity contribution in [2.75, 3.05) is 26.2 Å². The van der Waals surface area contributed by atoms with Crippen LogP contribution in [0.15, 0.2) is 42.7 Å². The van der Waals surface area contributed by atoms with Gasteiger partial charge in [-0.25, -0.2) is 0 Å². The number of aromatic nitrogens is 1. The molecule has 1 amide bonds. The number of pyridine rings is 1. The number of rotatable bonds is 5. The van der Waals surface area contributed by atoms with Crippen molar-refractivity contribution >= 4 is 29.1 Å². The highest BCUT2D eigenvalue weighted by atomic mass is 35.5. The highest BCUT2D eigenvalue weighted by Gasteiger charge is 2.21. The number of carbonyl (C=O) groups excluding carboxylic acids is 1. The first-order chi connectivity index (χ1) is 12.1. The van der Waals surface area contributed by atoms with Crippen LogP contribution in [0, 0.1) is 0 Å². The largest absolute Gasteiger partial charge is 0.340 e. The van der Waals surface area contributed by atoms with Crippen LogP contribution in [0.2, 0.25) is 10.0 Å². The van der Waals surface area contributed by atoms with E-state index in [-0.39, 0.29) is 5.91 Å². The van der Waals surface area contributed by atoms with E-state index in [4.69, 9.17) is 23.2 Å². The van der Waals surface area contributed by atoms with Gasteiger partial charge in [-0.2, -0.15) is 0 Å². The minimum Gasteiger partial charge on any atom is -0.340 e. The van der Waals surface area contributed by atoms with Crippen molar-refractivity contribution in [2.45, 2.75) is 19.4 Å². The van der Waals surface area contributed by atoms with Gasteiger partial charge in [-0.05, 0) is 41.8 Å². The van der Waals surface area contributed by atoms with E-state index in [1.54, 1.807) is 6.07 Å². The van der Waals surface area contributed by atoms with Crippen LogP contribution in [0.3, 0.4) is 0 Å². The van der Waals surface area contributed by atoms with Gasteiger partial charge in [0.2, 0.25) is 5.91 Å². The second-order valence-electron chi connectivity index (χ2n) is 6.25. The predicted molar refractivity (Wildman–Crippen MR) is 101 cm³/mol. The topological polar surface area (TPSA) is 36.4 Å². The van der Waals surface area contributed by atoms with Gasteiger partial charge in [-0.1, -0.05) is 29.3 Å². The summed E-state index contributed by atoms with van der Waals surface area (Å²) < 4.78 is 0. The monoisotopic (exact) mass is 377 g/mol. The Hall–Kier alpha value is -1.62. The molecule has 4 nitrogen and oxygen atoms in total. The molecular formula is C19H21Cl2N3O. The van der Waals surface area contributed by atoms with Gasteiger partial charge in [0.1, 0.15) is 0 Å². The van der Waals surface area contributed by atoms with Crippen LogP contribution in [0.1, 0.15) is 17.5 Å². The zero-order chi connectivity index (χ0) is 17.6. The van der Waals surface area contributed by atoms with E-state index in [0.717, 1.165) is 38.3 Å². The highest BCUT2D eigenvalue weighted by molar-refractivity contribution is 6.35. The van der Waals surface area contributed by atoms with Crippen molar-refractivity contribution in [1.29, 1.82) is 0 Å². The number of benzene rings is 1. The number of aryl methyl sites for hydroxylation is 1. The van der Waals surface area contributed by atoms with Crippen LogP contribution in [-0.2, 0) is 17.8 Å². The van der Waals surface area contributed by atoms with Crippen molar-refractivity contribution in [3.63, 3.8) is 0 Å². The number of amides is 1. The van der Waals surface area contributed by atoms with Gasteiger partial charge < -0.3 is 4.90 Å². The lowest BCUT2D eigenvalue weighted by molar-refractivity contribution is -0.133. The van der Waals surface area contributed by atoms with Crippen molar-refractivity contribution in [2.24, 2.45) is 0 Å². The summed E-state index contributed by atoms with van der Waals surface area (Å²) in [5.74, 6) is 0.189. The molecule has 2 heterocycles. The number of hydrogen-bond donors (Lipinski definition) is 0. The van der Waals surface area contributed by atoms with E-state index in [1.165, 1.54) is 5.56 Å². The second kappa shape index (κ2) is 8.65. The summed E-state index contributed by atoms with van der Waals surface area (Å²) in [7, 11) is 0. The molecule has 0 radical (unpaired) electrons. The number of hydrogen-bond acceptors (Lipinski definition) is 3. The molecule has 0 bridgehead atoms. The maximum atomic E-state index is 12.4. The first kappa shape index (κ1) is 18.2. The molecule has 3 rings (SSSR count). The molecule has 0 aliphatic carbocycles. The summed E-state index contributed by atoms with van der Waals surface area (Å²) in [5.41, 5.74) is 2.22. The van der Waals surface area contributed by atoms with Crippen LogP contribution in [0.5, 0.6) is 0 Å². The quantitative estimate of drug-likeness (QED) is 0.797. The average molecular weight is 378 g/mol. The van der Waals surface area contributed by atoms with E-state index in [9.17, 15) is 4.79 Å². The molecule has 1 fully saturated rings. The van der Waals surface area contributed by atoms with Crippen LogP contribution in [-0.4, -0.2) is 46.9 Å². The SMILES string of the molecule is O=C(CCc1ccc(Cl)cc1Cl)N1CCN(Cc2ccncc2)CC1. The fraction of sp³-hybridized carbons (Fsp3) is 0.368. The molecule has 1 aromatic heterocycles. The summed E-state index contributed by atoms with van der Waals surface area (Å²) in [5, 5.41) is 1.24. The molecular weight excluding hydrogens is 357 g/mol. The molecule has 0 saturated carbocycles. The summed E-state index contributed by atoms with van der Waals surface area (Å²) in [6.45, 7) is 4.26. The average Bonchev–Trinajstić information content (AvgIpc) is 2.62. The Kier molecular flexibility index (Phi) is 6.29. The van der Waals surface area contributed by atoms with Gasteiger partial charge in [0.15, 0.2) is 0 Å².